The van der Waals surface area contributed by atoms with Gasteiger partial charge in [-0.15, -0.1) is 6.58 Å². The van der Waals surface area contributed by atoms with Gasteiger partial charge in [0.05, 0.1) is 18.1 Å². The van der Waals surface area contributed by atoms with Gasteiger partial charge >= 0.3 is 5.97 Å². The number of hydrogen-bond donors (Lipinski definition) is 1. The molecule has 0 aromatic rings. The lowest BCUT2D eigenvalue weighted by atomic mass is 9.64. The fourth-order valence-corrected chi connectivity index (χ4v) is 14.0. The predicted molar refractivity (Wildman–Crippen MR) is 128 cm³/mol. The molecule has 3 rings (SSSR count). The average Bonchev–Trinajstić information content (AvgIpc) is 3.29. The van der Waals surface area contributed by atoms with Gasteiger partial charge in [0.15, 0.2) is 8.32 Å². The Hall–Kier alpha value is -1.16. The Kier molecular flexibility index (Phi) is 7.07. The summed E-state index contributed by atoms with van der Waals surface area (Å²) in [7, 11) is -2.13. The van der Waals surface area contributed by atoms with E-state index in [-0.39, 0.29) is 23.2 Å². The summed E-state index contributed by atoms with van der Waals surface area (Å²) in [6, 6.07) is 2.30. The van der Waals surface area contributed by atoms with Crippen molar-refractivity contribution >= 4 is 14.3 Å². The molecule has 0 saturated heterocycles. The summed E-state index contributed by atoms with van der Waals surface area (Å²) in [5.74, 6) is -0.463. The van der Waals surface area contributed by atoms with E-state index in [2.05, 4.69) is 54.2 Å². The molecular formula is C26H43NO4Si. The van der Waals surface area contributed by atoms with Crippen molar-refractivity contribution in [3.63, 3.8) is 0 Å². The smallest absolute Gasteiger partial charge is 0.302 e. The first-order valence-electron chi connectivity index (χ1n) is 12.5. The Bertz CT molecular complexity index is 753. The van der Waals surface area contributed by atoms with Crippen molar-refractivity contribution in [2.45, 2.75) is 103 Å². The Labute approximate surface area is 195 Å². The molecule has 3 aliphatic rings. The standard InChI is InChI=1S/C26H43NO4Si/c1-9-21-22-11-12-25(21,15-30-32(16(2)3,17(4)5)18(6)7)24(31-19(8)28)26(22)13-10-20(14-27)23(26)29/h9,16-18,20-24,29H,1,10-13,15H2,2-8H3/t20-,21-,22+,23-,24-,25+,26?/m0/s1. The lowest BCUT2D eigenvalue weighted by Crippen LogP contribution is -2.56. The average molecular weight is 462 g/mol. The summed E-state index contributed by atoms with van der Waals surface area (Å²) < 4.78 is 13.2. The van der Waals surface area contributed by atoms with Crippen LogP contribution in [0.15, 0.2) is 12.7 Å². The molecule has 3 saturated carbocycles. The van der Waals surface area contributed by atoms with E-state index in [1.54, 1.807) is 0 Å². The molecule has 1 N–H and O–H groups in total. The van der Waals surface area contributed by atoms with Crippen molar-refractivity contribution in [1.29, 1.82) is 5.26 Å². The third-order valence-corrected chi connectivity index (χ3v) is 15.6. The van der Waals surface area contributed by atoms with Gasteiger partial charge < -0.3 is 14.3 Å². The highest BCUT2D eigenvalue weighted by molar-refractivity contribution is 6.77. The van der Waals surface area contributed by atoms with Crippen molar-refractivity contribution in [2.24, 2.45) is 28.6 Å². The van der Waals surface area contributed by atoms with E-state index in [4.69, 9.17) is 9.16 Å². The maximum absolute atomic E-state index is 12.3. The Balaban J connectivity index is 2.07. The van der Waals surface area contributed by atoms with Gasteiger partial charge in [0.25, 0.3) is 0 Å². The van der Waals surface area contributed by atoms with Crippen molar-refractivity contribution in [3.05, 3.63) is 12.7 Å². The van der Waals surface area contributed by atoms with Crippen molar-refractivity contribution < 1.29 is 19.1 Å². The molecule has 0 aromatic carbocycles. The van der Waals surface area contributed by atoms with Crippen molar-refractivity contribution in [1.82, 2.24) is 0 Å². The highest BCUT2D eigenvalue weighted by Gasteiger charge is 2.75. The first-order chi connectivity index (χ1) is 15.0. The summed E-state index contributed by atoms with van der Waals surface area (Å²) in [5, 5.41) is 21.0. The fraction of sp³-hybridized carbons (Fsp3) is 0.846. The molecule has 6 heteroatoms. The quantitative estimate of drug-likeness (QED) is 0.289. The minimum Gasteiger partial charge on any atom is -0.461 e. The first-order valence-corrected chi connectivity index (χ1v) is 14.6. The topological polar surface area (TPSA) is 79.5 Å². The van der Waals surface area contributed by atoms with E-state index in [1.165, 1.54) is 6.92 Å². The second-order valence-electron chi connectivity index (χ2n) is 11.6. The maximum Gasteiger partial charge on any atom is 0.302 e. The van der Waals surface area contributed by atoms with E-state index in [0.717, 1.165) is 12.8 Å². The van der Waals surface area contributed by atoms with E-state index >= 15 is 0 Å². The summed E-state index contributed by atoms with van der Waals surface area (Å²) in [6.45, 7) is 19.9. The number of fused-ring (bicyclic) bond motifs is 3. The molecule has 3 aliphatic carbocycles. The van der Waals surface area contributed by atoms with Crippen LogP contribution >= 0.6 is 0 Å². The number of carbonyl (C=O) groups excluding carboxylic acids is 1. The molecule has 180 valence electrons. The van der Waals surface area contributed by atoms with Gasteiger partial charge in [-0.1, -0.05) is 47.6 Å². The Morgan fingerprint density at radius 2 is 1.78 bits per heavy atom. The van der Waals surface area contributed by atoms with Gasteiger partial charge in [-0.05, 0) is 54.1 Å². The van der Waals surface area contributed by atoms with E-state index in [9.17, 15) is 15.2 Å². The minimum atomic E-state index is -2.13. The molecule has 3 fully saturated rings. The molecule has 0 amide bonds. The molecule has 0 aromatic heterocycles. The number of carbonyl (C=O) groups is 1. The summed E-state index contributed by atoms with van der Waals surface area (Å²) in [5.41, 5.74) is 0.410. The van der Waals surface area contributed by atoms with Crippen LogP contribution in [0.5, 0.6) is 0 Å². The van der Waals surface area contributed by atoms with Gasteiger partial charge in [0, 0.05) is 24.4 Å². The lowest BCUT2D eigenvalue weighted by Gasteiger charge is -2.49. The number of rotatable bonds is 8. The summed E-state index contributed by atoms with van der Waals surface area (Å²) in [4.78, 5) is 12.3. The van der Waals surface area contributed by atoms with Crippen LogP contribution in [0, 0.1) is 39.9 Å². The summed E-state index contributed by atoms with van der Waals surface area (Å²) >= 11 is 0. The number of allylic oxidation sites excluding steroid dienone is 1. The molecular weight excluding hydrogens is 418 g/mol. The molecule has 0 heterocycles. The molecule has 7 atom stereocenters. The van der Waals surface area contributed by atoms with Crippen LogP contribution in [0.3, 0.4) is 0 Å². The molecule has 0 radical (unpaired) electrons. The summed E-state index contributed by atoms with van der Waals surface area (Å²) in [6.07, 6.45) is 4.00. The number of aliphatic hydroxyl groups is 1. The molecule has 1 spiro atoms. The van der Waals surface area contributed by atoms with Crippen LogP contribution < -0.4 is 0 Å². The largest absolute Gasteiger partial charge is 0.461 e. The van der Waals surface area contributed by atoms with Crippen LogP contribution in [0.25, 0.3) is 0 Å². The Morgan fingerprint density at radius 3 is 2.22 bits per heavy atom. The fourth-order valence-electron chi connectivity index (χ4n) is 8.52. The SMILES string of the molecule is C=C[C@H]1[C@H]2CC[C@]1(CO[Si](C(C)C)(C(C)C)C(C)C)[C@H](OC(C)=O)C21CC[C@@H](C#N)[C@@H]1O. The van der Waals surface area contributed by atoms with Crippen LogP contribution in [-0.4, -0.2) is 38.2 Å². The third kappa shape index (κ3) is 3.34. The van der Waals surface area contributed by atoms with Crippen molar-refractivity contribution in [3.8, 4) is 6.07 Å². The van der Waals surface area contributed by atoms with Gasteiger partial charge in [-0.3, -0.25) is 4.79 Å². The molecule has 0 aliphatic heterocycles. The number of aliphatic hydroxyl groups excluding tert-OH is 1. The van der Waals surface area contributed by atoms with Crippen LogP contribution in [0.2, 0.25) is 16.6 Å². The van der Waals surface area contributed by atoms with Gasteiger partial charge in [-0.2, -0.15) is 5.26 Å². The number of nitriles is 1. The number of ether oxygens (including phenoxy) is 1. The maximum atomic E-state index is 12.3. The van der Waals surface area contributed by atoms with E-state index < -0.39 is 31.9 Å². The molecule has 1 unspecified atom stereocenters. The molecule has 2 bridgehead atoms. The zero-order chi connectivity index (χ0) is 24.1. The zero-order valence-corrected chi connectivity index (χ0v) is 22.1. The third-order valence-electron chi connectivity index (χ3n) is 9.54. The van der Waals surface area contributed by atoms with Gasteiger partial charge in [0.2, 0.25) is 0 Å². The van der Waals surface area contributed by atoms with Crippen LogP contribution in [0.4, 0.5) is 0 Å². The normalized spacial score (nSPS) is 38.8. The number of hydrogen-bond acceptors (Lipinski definition) is 5. The number of esters is 1. The predicted octanol–water partition coefficient (Wildman–Crippen LogP) is 5.60. The minimum absolute atomic E-state index is 0.108. The lowest BCUT2D eigenvalue weighted by molar-refractivity contribution is -0.178. The van der Waals surface area contributed by atoms with Gasteiger partial charge in [-0.25, -0.2) is 0 Å². The van der Waals surface area contributed by atoms with E-state index in [0.29, 0.717) is 36.1 Å². The highest BCUT2D eigenvalue weighted by Crippen LogP contribution is 2.72. The van der Waals surface area contributed by atoms with Crippen molar-refractivity contribution in [2.75, 3.05) is 6.61 Å². The second kappa shape index (κ2) is 8.89. The number of nitrogens with zero attached hydrogens (tertiary/aromatic N) is 1. The zero-order valence-electron chi connectivity index (χ0n) is 21.1. The van der Waals surface area contributed by atoms with Crippen LogP contribution in [0.1, 0.15) is 74.1 Å². The molecule has 32 heavy (non-hydrogen) atoms. The highest BCUT2D eigenvalue weighted by atomic mass is 28.4. The van der Waals surface area contributed by atoms with E-state index in [1.807, 2.05) is 6.08 Å². The monoisotopic (exact) mass is 461 g/mol. The second-order valence-corrected chi connectivity index (χ2v) is 17.0. The van der Waals surface area contributed by atoms with Crippen LogP contribution in [-0.2, 0) is 14.0 Å². The first kappa shape index (κ1) is 25.5. The van der Waals surface area contributed by atoms with Gasteiger partial charge in [0.1, 0.15) is 6.10 Å². The Morgan fingerprint density at radius 1 is 1.19 bits per heavy atom. The molecule has 5 nitrogen and oxygen atoms in total.